The Hall–Kier alpha value is -2.29. The lowest BCUT2D eigenvalue weighted by molar-refractivity contribution is -0.148. The fraction of sp³-hybridized carbons (Fsp3) is 0.500. The molecule has 27 heavy (non-hydrogen) atoms. The van der Waals surface area contributed by atoms with Crippen molar-refractivity contribution in [1.82, 2.24) is 4.90 Å². The third-order valence-corrected chi connectivity index (χ3v) is 4.52. The van der Waals surface area contributed by atoms with Gasteiger partial charge in [0, 0.05) is 16.6 Å². The predicted molar refractivity (Wildman–Crippen MR) is 102 cm³/mol. The first kappa shape index (κ1) is 21.0. The molecule has 1 aromatic rings. The van der Waals surface area contributed by atoms with Crippen LogP contribution in [0.15, 0.2) is 28.7 Å². The van der Waals surface area contributed by atoms with E-state index in [1.54, 1.807) is 39.0 Å². The number of rotatable bonds is 3. The van der Waals surface area contributed by atoms with E-state index in [4.69, 9.17) is 9.47 Å². The predicted octanol–water partition coefficient (Wildman–Crippen LogP) is 3.85. The number of hydrogen-bond donors (Lipinski definition) is 2. The van der Waals surface area contributed by atoms with Crippen molar-refractivity contribution in [2.45, 2.75) is 51.4 Å². The number of hydrogen-bond acceptors (Lipinski definition) is 5. The van der Waals surface area contributed by atoms with Gasteiger partial charge in [0.15, 0.2) is 0 Å². The molecule has 0 unspecified atom stereocenters. The van der Waals surface area contributed by atoms with E-state index in [0.717, 1.165) is 9.37 Å². The van der Waals surface area contributed by atoms with Crippen molar-refractivity contribution in [3.8, 4) is 0 Å². The van der Waals surface area contributed by atoms with E-state index < -0.39 is 35.4 Å². The summed E-state index contributed by atoms with van der Waals surface area (Å²) in [5, 5.41) is 12.2. The molecule has 0 spiro atoms. The summed E-state index contributed by atoms with van der Waals surface area (Å²) in [6, 6.07) is 6.95. The summed E-state index contributed by atoms with van der Waals surface area (Å²) >= 11 is 3.30. The molecule has 0 bridgehead atoms. The lowest BCUT2D eigenvalue weighted by Gasteiger charge is -2.32. The fourth-order valence-electron chi connectivity index (χ4n) is 2.76. The Balaban J connectivity index is 2.07. The zero-order valence-corrected chi connectivity index (χ0v) is 17.2. The Morgan fingerprint density at radius 3 is 2.56 bits per heavy atom. The molecule has 0 aromatic heterocycles. The van der Waals surface area contributed by atoms with Gasteiger partial charge in [0.1, 0.15) is 17.2 Å². The van der Waals surface area contributed by atoms with E-state index in [-0.39, 0.29) is 13.0 Å². The van der Waals surface area contributed by atoms with Crippen LogP contribution in [-0.2, 0) is 14.3 Å². The molecule has 148 valence electrons. The first-order chi connectivity index (χ1) is 12.4. The molecular weight excluding hydrogens is 420 g/mol. The van der Waals surface area contributed by atoms with E-state index in [0.29, 0.717) is 5.69 Å². The van der Waals surface area contributed by atoms with Crippen LogP contribution >= 0.6 is 15.9 Å². The van der Waals surface area contributed by atoms with Gasteiger partial charge in [-0.3, -0.25) is 10.2 Å². The van der Waals surface area contributed by atoms with E-state index >= 15 is 0 Å². The summed E-state index contributed by atoms with van der Waals surface area (Å²) in [7, 11) is 0. The summed E-state index contributed by atoms with van der Waals surface area (Å²) in [6.45, 7) is 6.42. The zero-order chi connectivity index (χ0) is 20.4. The minimum atomic E-state index is -1.52. The number of nitrogens with zero attached hydrogens (tertiary/aromatic N) is 1. The Bertz CT molecular complexity index is 748. The monoisotopic (exact) mass is 442 g/mol. The van der Waals surface area contributed by atoms with Crippen LogP contribution < -0.4 is 5.32 Å². The maximum absolute atomic E-state index is 12.4. The number of aliphatic carboxylic acids is 1. The molecule has 8 nitrogen and oxygen atoms in total. The van der Waals surface area contributed by atoms with Gasteiger partial charge in [-0.05, 0) is 45.9 Å². The number of halogens is 1. The van der Waals surface area contributed by atoms with Gasteiger partial charge < -0.3 is 14.6 Å². The summed E-state index contributed by atoms with van der Waals surface area (Å²) in [4.78, 5) is 37.4. The summed E-state index contributed by atoms with van der Waals surface area (Å²) in [5.74, 6) is -1.19. The van der Waals surface area contributed by atoms with Crippen molar-refractivity contribution >= 4 is 39.8 Å². The maximum atomic E-state index is 12.4. The van der Waals surface area contributed by atoms with Crippen LogP contribution in [0.5, 0.6) is 0 Å². The minimum absolute atomic E-state index is 0.0342. The van der Waals surface area contributed by atoms with E-state index in [9.17, 15) is 19.5 Å². The van der Waals surface area contributed by atoms with Gasteiger partial charge in [0.05, 0.1) is 6.54 Å². The third kappa shape index (κ3) is 5.35. The van der Waals surface area contributed by atoms with Crippen LogP contribution in [0.4, 0.5) is 15.3 Å². The maximum Gasteiger partial charge on any atom is 0.411 e. The number of ether oxygens (including phenoxy) is 2. The molecule has 1 fully saturated rings. The van der Waals surface area contributed by atoms with Crippen molar-refractivity contribution in [3.63, 3.8) is 0 Å². The van der Waals surface area contributed by atoms with E-state index in [1.807, 2.05) is 6.07 Å². The lowest BCUT2D eigenvalue weighted by atomic mass is 9.99. The van der Waals surface area contributed by atoms with Gasteiger partial charge in [-0.1, -0.05) is 22.0 Å². The van der Waals surface area contributed by atoms with Gasteiger partial charge in [-0.2, -0.15) is 0 Å². The lowest BCUT2D eigenvalue weighted by Crippen LogP contribution is -2.52. The number of carboxylic acids is 1. The van der Waals surface area contributed by atoms with Crippen LogP contribution in [0.2, 0.25) is 0 Å². The second-order valence-electron chi connectivity index (χ2n) is 7.54. The van der Waals surface area contributed by atoms with Crippen LogP contribution in [-0.4, -0.2) is 52.0 Å². The Kier molecular flexibility index (Phi) is 6.04. The second-order valence-corrected chi connectivity index (χ2v) is 8.45. The molecule has 2 atom stereocenters. The fourth-order valence-corrected chi connectivity index (χ4v) is 3.16. The number of benzene rings is 1. The molecule has 1 saturated heterocycles. The van der Waals surface area contributed by atoms with Gasteiger partial charge in [-0.25, -0.2) is 14.4 Å². The van der Waals surface area contributed by atoms with Crippen molar-refractivity contribution < 1.29 is 29.0 Å². The number of likely N-dealkylation sites (tertiary alicyclic amines) is 1. The molecule has 2 rings (SSSR count). The Morgan fingerprint density at radius 2 is 2.00 bits per heavy atom. The first-order valence-corrected chi connectivity index (χ1v) is 9.17. The number of carbonyl (C=O) groups excluding carboxylic acids is 2. The molecule has 2 N–H and O–H groups in total. The normalized spacial score (nSPS) is 22.3. The van der Waals surface area contributed by atoms with Crippen molar-refractivity contribution in [2.75, 3.05) is 11.9 Å². The molecular formula is C18H23BrN2O6. The molecule has 0 radical (unpaired) electrons. The Morgan fingerprint density at radius 1 is 1.33 bits per heavy atom. The molecule has 0 saturated carbocycles. The minimum Gasteiger partial charge on any atom is -0.480 e. The second kappa shape index (κ2) is 7.75. The van der Waals surface area contributed by atoms with E-state index in [2.05, 4.69) is 21.2 Å². The average Bonchev–Trinajstić information content (AvgIpc) is 2.83. The highest BCUT2D eigenvalue weighted by molar-refractivity contribution is 9.10. The molecule has 1 heterocycles. The molecule has 2 amide bonds. The average molecular weight is 443 g/mol. The summed E-state index contributed by atoms with van der Waals surface area (Å²) in [6.07, 6.45) is -2.29. The highest BCUT2D eigenvalue weighted by atomic mass is 79.9. The number of nitrogens with one attached hydrogen (secondary N) is 1. The molecule has 1 aliphatic rings. The number of amides is 2. The largest absolute Gasteiger partial charge is 0.480 e. The standard InChI is InChI=1S/C18H23BrN2O6/c1-17(2,3)27-16(25)21-10-13(9-18(21,4)14(22)23)26-15(24)20-12-7-5-6-11(19)8-12/h5-8,13H,9-10H2,1-4H3,(H,20,24)(H,22,23)/t13-,18+/m1/s1. The highest BCUT2D eigenvalue weighted by Crippen LogP contribution is 2.33. The van der Waals surface area contributed by atoms with Gasteiger partial charge >= 0.3 is 18.2 Å². The number of carboxylic acid groups (broad SMARTS) is 1. The van der Waals surface area contributed by atoms with Crippen LogP contribution in [0.1, 0.15) is 34.1 Å². The van der Waals surface area contributed by atoms with Crippen molar-refractivity contribution in [2.24, 2.45) is 0 Å². The number of anilines is 1. The highest BCUT2D eigenvalue weighted by Gasteiger charge is 2.52. The van der Waals surface area contributed by atoms with E-state index in [1.165, 1.54) is 6.92 Å². The smallest absolute Gasteiger partial charge is 0.411 e. The van der Waals surface area contributed by atoms with Gasteiger partial charge in [0.2, 0.25) is 0 Å². The third-order valence-electron chi connectivity index (χ3n) is 4.03. The molecule has 1 aliphatic heterocycles. The number of carbonyl (C=O) groups is 3. The Labute approximate surface area is 165 Å². The SMILES string of the molecule is CC(C)(C)OC(=O)N1C[C@H](OC(=O)Nc2cccc(Br)c2)C[C@@]1(C)C(=O)O. The molecule has 9 heteroatoms. The van der Waals surface area contributed by atoms with Crippen LogP contribution in [0.3, 0.4) is 0 Å². The van der Waals surface area contributed by atoms with Crippen LogP contribution in [0, 0.1) is 0 Å². The molecule has 0 aliphatic carbocycles. The van der Waals surface area contributed by atoms with Crippen molar-refractivity contribution in [3.05, 3.63) is 28.7 Å². The summed E-state index contributed by atoms with van der Waals surface area (Å²) < 4.78 is 11.4. The summed E-state index contributed by atoms with van der Waals surface area (Å²) in [5.41, 5.74) is -1.77. The quantitative estimate of drug-likeness (QED) is 0.736. The van der Waals surface area contributed by atoms with Crippen molar-refractivity contribution in [1.29, 1.82) is 0 Å². The first-order valence-electron chi connectivity index (χ1n) is 8.38. The zero-order valence-electron chi connectivity index (χ0n) is 15.6. The van der Waals surface area contributed by atoms with Gasteiger partial charge in [0.25, 0.3) is 0 Å². The van der Waals surface area contributed by atoms with Crippen LogP contribution in [0.25, 0.3) is 0 Å². The molecule has 1 aromatic carbocycles. The van der Waals surface area contributed by atoms with Gasteiger partial charge in [-0.15, -0.1) is 0 Å². The topological polar surface area (TPSA) is 105 Å².